The molecular formula is C30H36O6. The van der Waals surface area contributed by atoms with Gasteiger partial charge in [0, 0.05) is 0 Å². The molecule has 1 fully saturated rings. The van der Waals surface area contributed by atoms with Gasteiger partial charge in [0.25, 0.3) is 0 Å². The maximum atomic E-state index is 11.5. The maximum absolute atomic E-state index is 11.5. The lowest BCUT2D eigenvalue weighted by Gasteiger charge is -2.45. The summed E-state index contributed by atoms with van der Waals surface area (Å²) >= 11 is 0. The van der Waals surface area contributed by atoms with Crippen LogP contribution in [0, 0.1) is 0 Å². The summed E-state index contributed by atoms with van der Waals surface area (Å²) in [5.41, 5.74) is 3.01. The van der Waals surface area contributed by atoms with Crippen molar-refractivity contribution >= 4 is 0 Å². The summed E-state index contributed by atoms with van der Waals surface area (Å²) in [5, 5.41) is 22.3. The summed E-state index contributed by atoms with van der Waals surface area (Å²) in [6, 6.07) is 29.4. The molecule has 0 amide bonds. The predicted molar refractivity (Wildman–Crippen MR) is 137 cm³/mol. The second kappa shape index (κ2) is 13.7. The largest absolute Gasteiger partial charge is 0.390 e. The van der Waals surface area contributed by atoms with Crippen LogP contribution in [0.1, 0.15) is 30.0 Å². The van der Waals surface area contributed by atoms with Gasteiger partial charge in [0.1, 0.15) is 30.5 Å². The van der Waals surface area contributed by atoms with E-state index in [0.29, 0.717) is 26.2 Å². The Hall–Kier alpha value is -2.58. The molecule has 0 bridgehead atoms. The second-order valence-electron chi connectivity index (χ2n) is 9.13. The smallest absolute Gasteiger partial charge is 0.115 e. The molecule has 0 radical (unpaired) electrons. The first-order valence-electron chi connectivity index (χ1n) is 12.6. The molecule has 3 aromatic rings. The number of rotatable bonds is 12. The highest BCUT2D eigenvalue weighted by atomic mass is 16.6. The monoisotopic (exact) mass is 492 g/mol. The zero-order valence-electron chi connectivity index (χ0n) is 20.7. The van der Waals surface area contributed by atoms with Gasteiger partial charge in [-0.1, -0.05) is 97.9 Å². The van der Waals surface area contributed by atoms with E-state index in [1.54, 1.807) is 0 Å². The lowest BCUT2D eigenvalue weighted by Crippen LogP contribution is -2.63. The molecule has 1 aliphatic rings. The van der Waals surface area contributed by atoms with Gasteiger partial charge in [0.15, 0.2) is 0 Å². The molecule has 4 rings (SSSR count). The van der Waals surface area contributed by atoms with Gasteiger partial charge in [0.2, 0.25) is 0 Å². The van der Waals surface area contributed by atoms with Crippen LogP contribution in [0.3, 0.4) is 0 Å². The van der Waals surface area contributed by atoms with Crippen molar-refractivity contribution in [2.45, 2.75) is 69.8 Å². The Balaban J connectivity index is 1.49. The van der Waals surface area contributed by atoms with E-state index >= 15 is 0 Å². The summed E-state index contributed by atoms with van der Waals surface area (Å²) < 4.78 is 24.7. The predicted octanol–water partition coefficient (Wildman–Crippen LogP) is 4.27. The Morgan fingerprint density at radius 1 is 0.722 bits per heavy atom. The van der Waals surface area contributed by atoms with E-state index in [2.05, 4.69) is 0 Å². The summed E-state index contributed by atoms with van der Waals surface area (Å²) in [6.07, 6.45) is -4.08. The first-order chi connectivity index (χ1) is 17.7. The van der Waals surface area contributed by atoms with Crippen LogP contribution >= 0.6 is 0 Å². The minimum atomic E-state index is -1.01. The van der Waals surface area contributed by atoms with Crippen molar-refractivity contribution in [2.75, 3.05) is 6.61 Å². The SMILES string of the molecule is CC[C@H](O)[C@H]1OC(COCc2ccccc2)[C@@H](OCc2ccccc2)C(O)C1OCc1ccccc1. The molecule has 6 atom stereocenters. The number of benzene rings is 3. The molecule has 1 aliphatic heterocycles. The number of ether oxygens (including phenoxy) is 4. The number of hydrogen-bond donors (Lipinski definition) is 2. The van der Waals surface area contributed by atoms with Crippen LogP contribution in [0.5, 0.6) is 0 Å². The Kier molecular flexibility index (Phi) is 10.0. The van der Waals surface area contributed by atoms with Crippen molar-refractivity contribution < 1.29 is 29.2 Å². The maximum Gasteiger partial charge on any atom is 0.115 e. The first kappa shape index (κ1) is 26.5. The van der Waals surface area contributed by atoms with Crippen LogP contribution in [0.4, 0.5) is 0 Å². The van der Waals surface area contributed by atoms with Gasteiger partial charge in [-0.15, -0.1) is 0 Å². The molecule has 0 aliphatic carbocycles. The lowest BCUT2D eigenvalue weighted by atomic mass is 9.91. The van der Waals surface area contributed by atoms with E-state index in [4.69, 9.17) is 18.9 Å². The minimum absolute atomic E-state index is 0.212. The van der Waals surface area contributed by atoms with E-state index in [9.17, 15) is 10.2 Å². The Labute approximate surface area is 213 Å². The van der Waals surface area contributed by atoms with Gasteiger partial charge in [0.05, 0.1) is 32.5 Å². The number of aliphatic hydroxyl groups is 2. The van der Waals surface area contributed by atoms with Crippen LogP contribution in [0.2, 0.25) is 0 Å². The standard InChI is InChI=1S/C30H36O6/c1-2-25(31)28-30(35-20-24-16-10-5-11-17-24)27(32)29(34-19-23-14-8-4-9-15-23)26(36-28)21-33-18-22-12-6-3-7-13-22/h3-17,25-32H,2,18-21H2,1H3/t25-,26?,27?,28+,29+,30?/m0/s1. The summed E-state index contributed by atoms with van der Waals surface area (Å²) in [5.74, 6) is 0. The van der Waals surface area contributed by atoms with E-state index in [1.165, 1.54) is 0 Å². The molecule has 1 saturated heterocycles. The topological polar surface area (TPSA) is 77.4 Å². The van der Waals surface area contributed by atoms with Crippen molar-refractivity contribution in [1.29, 1.82) is 0 Å². The van der Waals surface area contributed by atoms with Crippen LogP contribution in [0.25, 0.3) is 0 Å². The fourth-order valence-corrected chi connectivity index (χ4v) is 4.43. The fraction of sp³-hybridized carbons (Fsp3) is 0.400. The van der Waals surface area contributed by atoms with Crippen molar-refractivity contribution in [3.8, 4) is 0 Å². The van der Waals surface area contributed by atoms with Gasteiger partial charge in [-0.25, -0.2) is 0 Å². The summed E-state index contributed by atoms with van der Waals surface area (Å²) in [4.78, 5) is 0. The Bertz CT molecular complexity index is 998. The zero-order chi connectivity index (χ0) is 25.2. The van der Waals surface area contributed by atoms with Crippen LogP contribution in [-0.2, 0) is 38.8 Å². The average Bonchev–Trinajstić information content (AvgIpc) is 2.93. The molecule has 36 heavy (non-hydrogen) atoms. The molecule has 3 aromatic carbocycles. The van der Waals surface area contributed by atoms with Crippen LogP contribution < -0.4 is 0 Å². The first-order valence-corrected chi connectivity index (χ1v) is 12.6. The highest BCUT2D eigenvalue weighted by Crippen LogP contribution is 2.30. The quantitative estimate of drug-likeness (QED) is 0.393. The molecular weight excluding hydrogens is 456 g/mol. The molecule has 2 N–H and O–H groups in total. The van der Waals surface area contributed by atoms with Gasteiger partial charge in [-0.2, -0.15) is 0 Å². The third kappa shape index (κ3) is 7.23. The molecule has 1 heterocycles. The van der Waals surface area contributed by atoms with E-state index in [1.807, 2.05) is 97.9 Å². The van der Waals surface area contributed by atoms with Crippen LogP contribution in [0.15, 0.2) is 91.0 Å². The van der Waals surface area contributed by atoms with Crippen molar-refractivity contribution in [3.05, 3.63) is 108 Å². The Morgan fingerprint density at radius 3 is 1.69 bits per heavy atom. The third-order valence-corrected chi connectivity index (χ3v) is 6.46. The molecule has 3 unspecified atom stereocenters. The van der Waals surface area contributed by atoms with Crippen molar-refractivity contribution in [1.82, 2.24) is 0 Å². The average molecular weight is 493 g/mol. The second-order valence-corrected chi connectivity index (χ2v) is 9.13. The van der Waals surface area contributed by atoms with Crippen molar-refractivity contribution in [2.24, 2.45) is 0 Å². The normalized spacial score (nSPS) is 24.9. The minimum Gasteiger partial charge on any atom is -0.390 e. The van der Waals surface area contributed by atoms with Gasteiger partial charge in [-0.05, 0) is 23.1 Å². The van der Waals surface area contributed by atoms with Crippen LogP contribution in [-0.4, -0.2) is 53.4 Å². The van der Waals surface area contributed by atoms with Gasteiger partial charge < -0.3 is 29.2 Å². The number of hydrogen-bond acceptors (Lipinski definition) is 6. The fourth-order valence-electron chi connectivity index (χ4n) is 4.43. The lowest BCUT2D eigenvalue weighted by molar-refractivity contribution is -0.276. The molecule has 0 spiro atoms. The highest BCUT2D eigenvalue weighted by molar-refractivity contribution is 5.15. The van der Waals surface area contributed by atoms with Gasteiger partial charge in [-0.3, -0.25) is 0 Å². The highest BCUT2D eigenvalue weighted by Gasteiger charge is 2.48. The van der Waals surface area contributed by atoms with E-state index in [-0.39, 0.29) is 6.61 Å². The van der Waals surface area contributed by atoms with Crippen molar-refractivity contribution in [3.63, 3.8) is 0 Å². The summed E-state index contributed by atoms with van der Waals surface area (Å²) in [6.45, 7) is 3.11. The molecule has 6 nitrogen and oxygen atoms in total. The molecule has 6 heteroatoms. The summed E-state index contributed by atoms with van der Waals surface area (Å²) in [7, 11) is 0. The molecule has 0 saturated carbocycles. The van der Waals surface area contributed by atoms with Gasteiger partial charge >= 0.3 is 0 Å². The third-order valence-electron chi connectivity index (χ3n) is 6.46. The molecule has 192 valence electrons. The number of aliphatic hydroxyl groups excluding tert-OH is 2. The van der Waals surface area contributed by atoms with E-state index in [0.717, 1.165) is 16.7 Å². The Morgan fingerprint density at radius 2 is 1.19 bits per heavy atom. The van der Waals surface area contributed by atoms with E-state index < -0.39 is 36.6 Å². The zero-order valence-corrected chi connectivity index (χ0v) is 20.7. The molecule has 0 aromatic heterocycles.